The highest BCUT2D eigenvalue weighted by Crippen LogP contribution is 2.43. The normalized spacial score (nSPS) is 22.0. The van der Waals surface area contributed by atoms with E-state index in [1.54, 1.807) is 0 Å². The fourth-order valence-electron chi connectivity index (χ4n) is 5.32. The molecule has 0 bridgehead atoms. The van der Waals surface area contributed by atoms with Gasteiger partial charge in [-0.05, 0) is 48.1 Å². The molecule has 2 aliphatic heterocycles. The summed E-state index contributed by atoms with van der Waals surface area (Å²) in [6.07, 6.45) is 6.15. The average Bonchev–Trinajstić information content (AvgIpc) is 3.27. The molecule has 0 aromatic heterocycles. The number of hydrogen-bond acceptors (Lipinski definition) is 5. The minimum absolute atomic E-state index is 0.205. The van der Waals surface area contributed by atoms with E-state index in [0.29, 0.717) is 0 Å². The Balaban J connectivity index is 1.52. The molecular weight excluding hydrogens is 376 g/mol. The maximum Gasteiger partial charge on any atom is 0.231 e. The van der Waals surface area contributed by atoms with Gasteiger partial charge in [0.1, 0.15) is 0 Å². The fraction of sp³-hybridized carbons (Fsp3) is 0.520. The molecule has 5 nitrogen and oxygen atoms in total. The third-order valence-corrected chi connectivity index (χ3v) is 6.95. The van der Waals surface area contributed by atoms with Crippen LogP contribution in [-0.2, 0) is 0 Å². The maximum atomic E-state index is 11.4. The Labute approximate surface area is 179 Å². The topological polar surface area (TPSA) is 54.0 Å². The molecular formula is C25H32N2O3. The number of benzene rings is 2. The highest BCUT2D eigenvalue weighted by molar-refractivity contribution is 5.71. The first-order chi connectivity index (χ1) is 14.7. The van der Waals surface area contributed by atoms with Crippen LogP contribution in [0, 0.1) is 0 Å². The number of rotatable bonds is 5. The number of hydrogen-bond donors (Lipinski definition) is 2. The smallest absolute Gasteiger partial charge is 0.231 e. The van der Waals surface area contributed by atoms with Crippen LogP contribution in [0.25, 0.3) is 11.1 Å². The number of piperazine rings is 1. The Morgan fingerprint density at radius 2 is 1.73 bits per heavy atom. The Kier molecular flexibility index (Phi) is 5.68. The summed E-state index contributed by atoms with van der Waals surface area (Å²) in [5.74, 6) is 1.62. The van der Waals surface area contributed by atoms with E-state index in [1.165, 1.54) is 17.5 Å². The molecule has 3 aliphatic rings. The Morgan fingerprint density at radius 1 is 0.967 bits per heavy atom. The third-order valence-electron chi connectivity index (χ3n) is 6.95. The first-order valence-corrected chi connectivity index (χ1v) is 11.4. The van der Waals surface area contributed by atoms with Gasteiger partial charge in [-0.25, -0.2) is 0 Å². The lowest BCUT2D eigenvalue weighted by atomic mass is 9.78. The average molecular weight is 409 g/mol. The predicted octanol–water partition coefficient (Wildman–Crippen LogP) is 4.11. The molecule has 2 fully saturated rings. The number of ether oxygens (including phenoxy) is 2. The zero-order valence-corrected chi connectivity index (χ0v) is 17.6. The molecule has 0 spiro atoms. The minimum atomic E-state index is -0.560. The molecule has 1 saturated heterocycles. The van der Waals surface area contributed by atoms with Gasteiger partial charge in [0.15, 0.2) is 11.5 Å². The predicted molar refractivity (Wildman–Crippen MR) is 118 cm³/mol. The first kappa shape index (κ1) is 19.9. The number of fused-ring (bicyclic) bond motifs is 1. The van der Waals surface area contributed by atoms with Crippen LogP contribution in [0.5, 0.6) is 11.5 Å². The van der Waals surface area contributed by atoms with E-state index in [0.717, 1.165) is 75.3 Å². The summed E-state index contributed by atoms with van der Waals surface area (Å²) in [5, 5.41) is 14.9. The van der Waals surface area contributed by atoms with Crippen LogP contribution < -0.4 is 14.8 Å². The van der Waals surface area contributed by atoms with Crippen LogP contribution in [-0.4, -0.2) is 48.6 Å². The molecule has 1 unspecified atom stereocenters. The van der Waals surface area contributed by atoms with E-state index in [-0.39, 0.29) is 12.8 Å². The van der Waals surface area contributed by atoms with Crippen molar-refractivity contribution in [2.75, 3.05) is 33.0 Å². The van der Waals surface area contributed by atoms with Crippen molar-refractivity contribution in [3.05, 3.63) is 48.0 Å². The molecule has 30 heavy (non-hydrogen) atoms. The molecule has 2 N–H and O–H groups in total. The van der Waals surface area contributed by atoms with Crippen molar-refractivity contribution in [1.82, 2.24) is 10.2 Å². The fourth-order valence-corrected chi connectivity index (χ4v) is 5.32. The molecule has 5 heteroatoms. The second kappa shape index (κ2) is 8.58. The zero-order chi connectivity index (χ0) is 20.4. The van der Waals surface area contributed by atoms with Crippen LogP contribution in [0.1, 0.15) is 50.1 Å². The van der Waals surface area contributed by atoms with Crippen LogP contribution in [0.4, 0.5) is 0 Å². The van der Waals surface area contributed by atoms with Gasteiger partial charge in [-0.3, -0.25) is 4.90 Å². The molecule has 1 saturated carbocycles. The van der Waals surface area contributed by atoms with Crippen molar-refractivity contribution in [2.24, 2.45) is 0 Å². The number of nitrogens with zero attached hydrogens (tertiary/aromatic N) is 1. The molecule has 1 atom stereocenters. The van der Waals surface area contributed by atoms with Crippen LogP contribution in [0.15, 0.2) is 42.5 Å². The van der Waals surface area contributed by atoms with Gasteiger partial charge in [0, 0.05) is 32.2 Å². The molecule has 160 valence electrons. The van der Waals surface area contributed by atoms with Crippen molar-refractivity contribution < 1.29 is 14.6 Å². The highest BCUT2D eigenvalue weighted by atomic mass is 16.7. The highest BCUT2D eigenvalue weighted by Gasteiger charge is 2.36. The van der Waals surface area contributed by atoms with Gasteiger partial charge in [0.05, 0.1) is 5.60 Å². The molecule has 0 radical (unpaired) electrons. The first-order valence-electron chi connectivity index (χ1n) is 11.4. The summed E-state index contributed by atoms with van der Waals surface area (Å²) >= 11 is 0. The Bertz CT molecular complexity index is 872. The minimum Gasteiger partial charge on any atom is -0.454 e. The monoisotopic (exact) mass is 408 g/mol. The second-order valence-corrected chi connectivity index (χ2v) is 8.95. The van der Waals surface area contributed by atoms with Crippen LogP contribution in [0.3, 0.4) is 0 Å². The summed E-state index contributed by atoms with van der Waals surface area (Å²) in [6, 6.07) is 15.1. The van der Waals surface area contributed by atoms with E-state index in [4.69, 9.17) is 9.47 Å². The molecule has 2 aromatic rings. The van der Waals surface area contributed by atoms with Gasteiger partial charge in [-0.1, -0.05) is 49.6 Å². The van der Waals surface area contributed by atoms with Crippen molar-refractivity contribution >= 4 is 0 Å². The van der Waals surface area contributed by atoms with E-state index in [1.807, 2.05) is 6.07 Å². The van der Waals surface area contributed by atoms with E-state index in [2.05, 4.69) is 46.6 Å². The third kappa shape index (κ3) is 4.07. The van der Waals surface area contributed by atoms with Crippen LogP contribution in [0.2, 0.25) is 0 Å². The van der Waals surface area contributed by atoms with Gasteiger partial charge in [-0.15, -0.1) is 0 Å². The standard InChI is InChI=1S/C25H32N2O3/c28-25(10-4-1-5-11-25)17-22(27-14-12-26-13-15-27)21-7-3-2-6-20(21)19-8-9-23-24(16-19)30-18-29-23/h2-3,6-9,16,22,26,28H,1,4-5,10-15,17-18H2. The van der Waals surface area contributed by atoms with Crippen molar-refractivity contribution in [3.63, 3.8) is 0 Å². The van der Waals surface area contributed by atoms with Gasteiger partial charge < -0.3 is 19.9 Å². The SMILES string of the molecule is OC1(CC(c2ccccc2-c2ccc3c(c2)OCO3)N2CCNCC2)CCCCC1. The molecule has 1 aliphatic carbocycles. The van der Waals surface area contributed by atoms with Gasteiger partial charge >= 0.3 is 0 Å². The molecule has 2 heterocycles. The van der Waals surface area contributed by atoms with Crippen molar-refractivity contribution in [1.29, 1.82) is 0 Å². The quantitative estimate of drug-likeness (QED) is 0.780. The lowest BCUT2D eigenvalue weighted by Gasteiger charge is -2.42. The molecule has 5 rings (SSSR count). The van der Waals surface area contributed by atoms with Gasteiger partial charge in [-0.2, -0.15) is 0 Å². The largest absolute Gasteiger partial charge is 0.454 e. The summed E-state index contributed by atoms with van der Waals surface area (Å²) in [7, 11) is 0. The lowest BCUT2D eigenvalue weighted by Crippen LogP contribution is -2.47. The zero-order valence-electron chi connectivity index (χ0n) is 17.6. The second-order valence-electron chi connectivity index (χ2n) is 8.95. The summed E-state index contributed by atoms with van der Waals surface area (Å²) in [6.45, 7) is 4.31. The Morgan fingerprint density at radius 3 is 2.57 bits per heavy atom. The summed E-state index contributed by atoms with van der Waals surface area (Å²) in [5.41, 5.74) is 3.11. The molecule has 2 aromatic carbocycles. The van der Waals surface area contributed by atoms with E-state index < -0.39 is 5.60 Å². The molecule has 0 amide bonds. The van der Waals surface area contributed by atoms with E-state index in [9.17, 15) is 5.11 Å². The maximum absolute atomic E-state index is 11.4. The van der Waals surface area contributed by atoms with Gasteiger partial charge in [0.25, 0.3) is 0 Å². The number of aliphatic hydroxyl groups is 1. The summed E-state index contributed by atoms with van der Waals surface area (Å²) in [4.78, 5) is 2.56. The Hall–Kier alpha value is -2.08. The van der Waals surface area contributed by atoms with Gasteiger partial charge in [0.2, 0.25) is 6.79 Å². The van der Waals surface area contributed by atoms with Crippen molar-refractivity contribution in [3.8, 4) is 22.6 Å². The van der Waals surface area contributed by atoms with Crippen molar-refractivity contribution in [2.45, 2.75) is 50.2 Å². The number of nitrogens with one attached hydrogen (secondary N) is 1. The lowest BCUT2D eigenvalue weighted by molar-refractivity contribution is -0.0295. The van der Waals surface area contributed by atoms with Crippen LogP contribution >= 0.6 is 0 Å². The summed E-state index contributed by atoms with van der Waals surface area (Å²) < 4.78 is 11.1. The van der Waals surface area contributed by atoms with E-state index >= 15 is 0 Å².